The quantitative estimate of drug-likeness (QED) is 0.0819. The first-order valence-corrected chi connectivity index (χ1v) is 20.0. The van der Waals surface area contributed by atoms with Crippen molar-refractivity contribution in [1.82, 2.24) is 0 Å². The number of ketones is 6. The highest BCUT2D eigenvalue weighted by Crippen LogP contribution is 2.36. The second-order valence-electron chi connectivity index (χ2n) is 13.6. The van der Waals surface area contributed by atoms with Crippen molar-refractivity contribution in [3.8, 4) is 0 Å². The smallest absolute Gasteiger partial charge is 0.255 e. The fourth-order valence-electron chi connectivity index (χ4n) is 6.79. The molecular weight excluding hydrogens is 839 g/mol. The highest BCUT2D eigenvalue weighted by atomic mass is 35.5. The summed E-state index contributed by atoms with van der Waals surface area (Å²) >= 11 is 16.3. The Morgan fingerprint density at radius 3 is 1.31 bits per heavy atom. The SMILES string of the molecule is Nc1c(CC(=O)CCl)ccc2c1C(=O)c1ccccc1C2=O.O=C(CCl)Cc1ccc2c(c1NC(=O)c1ccccc1)C(=O)c1ccccc1C2=O.O=C(Cl)c1ccccc1. The summed E-state index contributed by atoms with van der Waals surface area (Å²) in [6, 6.07) is 36.7. The van der Waals surface area contributed by atoms with Crippen LogP contribution in [-0.2, 0) is 22.4 Å². The minimum atomic E-state index is -0.442. The van der Waals surface area contributed by atoms with Gasteiger partial charge in [0.05, 0.1) is 28.6 Å². The van der Waals surface area contributed by atoms with E-state index in [2.05, 4.69) is 5.32 Å². The molecule has 0 unspecified atom stereocenters. The van der Waals surface area contributed by atoms with Crippen molar-refractivity contribution in [3.05, 3.63) is 200 Å². The fraction of sp³-hybridized carbons (Fsp3) is 0.0833. The summed E-state index contributed by atoms with van der Waals surface area (Å²) in [7, 11) is 0. The summed E-state index contributed by atoms with van der Waals surface area (Å²) in [4.78, 5) is 98.2. The van der Waals surface area contributed by atoms with Crippen molar-refractivity contribution in [2.75, 3.05) is 22.8 Å². The minimum absolute atomic E-state index is 0.0474. The molecule has 0 spiro atoms. The van der Waals surface area contributed by atoms with Crippen LogP contribution < -0.4 is 11.1 Å². The van der Waals surface area contributed by atoms with Gasteiger partial charge < -0.3 is 11.1 Å². The Hall–Kier alpha value is -6.85. The van der Waals surface area contributed by atoms with Crippen LogP contribution in [0.25, 0.3) is 0 Å². The van der Waals surface area contributed by atoms with Gasteiger partial charge in [-0.15, -0.1) is 23.2 Å². The van der Waals surface area contributed by atoms with Gasteiger partial charge in [-0.05, 0) is 47.0 Å². The minimum Gasteiger partial charge on any atom is -0.398 e. The molecule has 0 saturated carbocycles. The number of carbonyl (C=O) groups is 8. The Morgan fingerprint density at radius 2 is 0.852 bits per heavy atom. The van der Waals surface area contributed by atoms with Crippen LogP contribution in [-0.4, -0.2) is 57.6 Å². The van der Waals surface area contributed by atoms with Crippen molar-refractivity contribution in [3.63, 3.8) is 0 Å². The van der Waals surface area contributed by atoms with E-state index in [4.69, 9.17) is 40.5 Å². The predicted molar refractivity (Wildman–Crippen MR) is 234 cm³/mol. The first kappa shape index (κ1) is 43.7. The average molecular weight is 872 g/mol. The van der Waals surface area contributed by atoms with E-state index in [1.165, 1.54) is 6.07 Å². The Bertz CT molecular complexity index is 2770. The molecule has 3 N–H and O–H groups in total. The van der Waals surface area contributed by atoms with Crippen LogP contribution in [0.3, 0.4) is 0 Å². The number of alkyl halides is 2. The number of rotatable bonds is 9. The molecule has 0 aliphatic heterocycles. The summed E-state index contributed by atoms with van der Waals surface area (Å²) in [5.74, 6) is -2.40. The Morgan fingerprint density at radius 1 is 0.459 bits per heavy atom. The van der Waals surface area contributed by atoms with Gasteiger partial charge in [0.2, 0.25) is 0 Å². The fourth-order valence-corrected chi connectivity index (χ4v) is 7.11. The number of hydrogen-bond acceptors (Lipinski definition) is 9. The van der Waals surface area contributed by atoms with Crippen LogP contribution in [0.2, 0.25) is 0 Å². The number of anilines is 2. The number of nitrogens with two attached hydrogens (primary N) is 1. The molecule has 0 fully saturated rings. The zero-order chi connectivity index (χ0) is 43.8. The molecule has 2 aliphatic carbocycles. The molecule has 10 nitrogen and oxygen atoms in total. The van der Waals surface area contributed by atoms with E-state index in [0.29, 0.717) is 38.9 Å². The Labute approximate surface area is 364 Å². The first-order valence-electron chi connectivity index (χ1n) is 18.6. The molecule has 1 amide bonds. The molecule has 61 heavy (non-hydrogen) atoms. The molecule has 6 aromatic rings. The van der Waals surface area contributed by atoms with Crippen LogP contribution in [0, 0.1) is 0 Å². The van der Waals surface area contributed by atoms with Crippen LogP contribution >= 0.6 is 34.8 Å². The van der Waals surface area contributed by atoms with Gasteiger partial charge in [-0.2, -0.15) is 0 Å². The molecule has 13 heteroatoms. The average Bonchev–Trinajstić information content (AvgIpc) is 3.29. The standard InChI is InChI=1S/C24H16ClNO4.C17H12ClNO3.C7H5ClO/c25-13-16(27)12-15-10-11-19-20(21(15)26-24(30)14-6-2-1-3-7-14)23(29)18-9-5-4-8-17(18)22(19)28;18-8-10(20)7-9-5-6-13-14(15(9)19)17(22)12-4-2-1-3-11(12)16(13)21;8-7(9)6-4-2-1-3-5-6/h1-11H,12-13H2,(H,26,30);1-6H,7-8,19H2;1-5H. The lowest BCUT2D eigenvalue weighted by Gasteiger charge is -2.22. The maximum atomic E-state index is 13.3. The third-order valence-corrected chi connectivity index (χ3v) is 10.6. The van der Waals surface area contributed by atoms with Crippen molar-refractivity contribution in [2.45, 2.75) is 12.8 Å². The van der Waals surface area contributed by atoms with E-state index in [1.54, 1.807) is 121 Å². The van der Waals surface area contributed by atoms with Crippen molar-refractivity contribution in [2.24, 2.45) is 0 Å². The van der Waals surface area contributed by atoms with Gasteiger partial charge in [-0.1, -0.05) is 109 Å². The molecule has 0 heterocycles. The Kier molecular flexibility index (Phi) is 14.0. The van der Waals surface area contributed by atoms with Crippen LogP contribution in [0.15, 0.2) is 133 Å². The van der Waals surface area contributed by atoms with Gasteiger partial charge in [0.25, 0.3) is 11.1 Å². The summed E-state index contributed by atoms with van der Waals surface area (Å²) in [6.07, 6.45) is -0.0178. The van der Waals surface area contributed by atoms with E-state index in [-0.39, 0.29) is 98.5 Å². The summed E-state index contributed by atoms with van der Waals surface area (Å²) < 4.78 is 0. The van der Waals surface area contributed by atoms with Crippen LogP contribution in [0.1, 0.15) is 95.5 Å². The lowest BCUT2D eigenvalue weighted by atomic mass is 9.81. The topological polar surface area (TPSA) is 175 Å². The highest BCUT2D eigenvalue weighted by Gasteiger charge is 2.34. The number of nitrogens with one attached hydrogen (secondary N) is 1. The molecule has 2 aliphatic rings. The lowest BCUT2D eigenvalue weighted by molar-refractivity contribution is -0.116. The molecule has 6 aromatic carbocycles. The predicted octanol–water partition coefficient (Wildman–Crippen LogP) is 8.52. The second-order valence-corrected chi connectivity index (χ2v) is 14.5. The summed E-state index contributed by atoms with van der Waals surface area (Å²) in [5.41, 5.74) is 10.4. The van der Waals surface area contributed by atoms with Crippen molar-refractivity contribution < 1.29 is 38.4 Å². The number of Topliss-reactive ketones (excluding diaryl/α,β-unsaturated/α-hetero) is 2. The molecule has 0 aromatic heterocycles. The Balaban J connectivity index is 0.000000175. The summed E-state index contributed by atoms with van der Waals surface area (Å²) in [6.45, 7) is 0. The number of carbonyl (C=O) groups excluding carboxylic acids is 8. The molecule has 304 valence electrons. The number of nitrogen functional groups attached to an aromatic ring is 1. The first-order chi connectivity index (χ1) is 29.4. The normalized spacial score (nSPS) is 11.9. The molecule has 8 rings (SSSR count). The number of amides is 1. The zero-order valence-corrected chi connectivity index (χ0v) is 34.3. The van der Waals surface area contributed by atoms with Gasteiger partial charge in [-0.3, -0.25) is 38.4 Å². The van der Waals surface area contributed by atoms with Gasteiger partial charge in [-0.25, -0.2) is 0 Å². The largest absolute Gasteiger partial charge is 0.398 e. The second kappa shape index (κ2) is 19.5. The van der Waals surface area contributed by atoms with E-state index in [9.17, 15) is 38.4 Å². The van der Waals surface area contributed by atoms with Gasteiger partial charge in [0, 0.05) is 63.0 Å². The number of fused-ring (bicyclic) bond motifs is 4. The zero-order valence-electron chi connectivity index (χ0n) is 32.0. The van der Waals surface area contributed by atoms with Gasteiger partial charge >= 0.3 is 0 Å². The molecule has 0 radical (unpaired) electrons. The number of hydrogen-bond donors (Lipinski definition) is 2. The monoisotopic (exact) mass is 870 g/mol. The van der Waals surface area contributed by atoms with Gasteiger partial charge in [0.15, 0.2) is 34.7 Å². The molecule has 0 bridgehead atoms. The van der Waals surface area contributed by atoms with Crippen molar-refractivity contribution in [1.29, 1.82) is 0 Å². The number of benzene rings is 6. The number of halogens is 3. The third kappa shape index (κ3) is 9.47. The lowest BCUT2D eigenvalue weighted by Crippen LogP contribution is -2.25. The highest BCUT2D eigenvalue weighted by molar-refractivity contribution is 6.67. The summed E-state index contributed by atoms with van der Waals surface area (Å²) in [5, 5.41) is 2.35. The molecular formula is C48H33Cl3N2O8. The molecule has 0 saturated heterocycles. The third-order valence-electron chi connectivity index (χ3n) is 9.75. The van der Waals surface area contributed by atoms with E-state index < -0.39 is 11.1 Å². The molecule has 0 atom stereocenters. The van der Waals surface area contributed by atoms with Gasteiger partial charge in [0.1, 0.15) is 0 Å². The van der Waals surface area contributed by atoms with E-state index in [1.807, 2.05) is 6.07 Å². The van der Waals surface area contributed by atoms with E-state index >= 15 is 0 Å². The maximum Gasteiger partial charge on any atom is 0.255 e. The maximum absolute atomic E-state index is 13.3. The van der Waals surface area contributed by atoms with Crippen LogP contribution in [0.4, 0.5) is 11.4 Å². The van der Waals surface area contributed by atoms with E-state index in [0.717, 1.165) is 0 Å². The van der Waals surface area contributed by atoms with Crippen LogP contribution in [0.5, 0.6) is 0 Å². The van der Waals surface area contributed by atoms with Crippen molar-refractivity contribution >= 4 is 92.0 Å².